The molecular formula is C18H24N4O. The average Bonchev–Trinajstić information content (AvgIpc) is 3.07. The third-order valence-electron chi connectivity index (χ3n) is 4.26. The third kappa shape index (κ3) is 4.20. The number of hydrogen-bond donors (Lipinski definition) is 1. The van der Waals surface area contributed by atoms with Gasteiger partial charge in [-0.2, -0.15) is 5.10 Å². The van der Waals surface area contributed by atoms with Gasteiger partial charge in [-0.15, -0.1) is 0 Å². The van der Waals surface area contributed by atoms with Gasteiger partial charge in [0, 0.05) is 25.0 Å². The summed E-state index contributed by atoms with van der Waals surface area (Å²) in [7, 11) is 0. The van der Waals surface area contributed by atoms with Crippen LogP contribution in [-0.4, -0.2) is 33.7 Å². The summed E-state index contributed by atoms with van der Waals surface area (Å²) in [4.78, 5) is 14.6. The first-order valence-electron chi connectivity index (χ1n) is 8.40. The molecule has 122 valence electrons. The van der Waals surface area contributed by atoms with E-state index in [0.717, 1.165) is 18.8 Å². The Bertz CT molecular complexity index is 641. The van der Waals surface area contributed by atoms with E-state index in [9.17, 15) is 4.79 Å². The number of carbonyl (C=O) groups is 1. The summed E-state index contributed by atoms with van der Waals surface area (Å²) in [5.74, 6) is -0.166. The molecule has 1 amide bonds. The molecule has 1 aromatic carbocycles. The van der Waals surface area contributed by atoms with Crippen molar-refractivity contribution in [3.05, 3.63) is 47.8 Å². The fourth-order valence-electron chi connectivity index (χ4n) is 2.92. The van der Waals surface area contributed by atoms with Crippen molar-refractivity contribution >= 4 is 11.6 Å². The molecule has 1 saturated heterocycles. The van der Waals surface area contributed by atoms with Crippen LogP contribution in [0.15, 0.2) is 36.5 Å². The minimum absolute atomic E-state index is 0.166. The van der Waals surface area contributed by atoms with Gasteiger partial charge in [0.1, 0.15) is 0 Å². The van der Waals surface area contributed by atoms with Crippen LogP contribution >= 0.6 is 0 Å². The number of carbonyl (C=O) groups excluding carboxylic acids is 1. The van der Waals surface area contributed by atoms with E-state index in [0.29, 0.717) is 5.69 Å². The number of aromatic nitrogens is 2. The number of hydrogen-bond acceptors (Lipinski definition) is 3. The van der Waals surface area contributed by atoms with Crippen molar-refractivity contribution < 1.29 is 4.79 Å². The minimum Gasteiger partial charge on any atom is -0.321 e. The standard InChI is InChI=1S/C18H24N4O/c1-2-22-13-10-17(20-22)18(23)19-16-8-6-15(7-9-16)14-21-11-4-3-5-12-21/h6-10,13H,2-5,11-12,14H2,1H3,(H,19,23). The van der Waals surface area contributed by atoms with Gasteiger partial charge in [0.25, 0.3) is 5.91 Å². The number of benzene rings is 1. The molecule has 0 bridgehead atoms. The van der Waals surface area contributed by atoms with E-state index in [4.69, 9.17) is 0 Å². The van der Waals surface area contributed by atoms with Gasteiger partial charge < -0.3 is 5.32 Å². The zero-order valence-corrected chi connectivity index (χ0v) is 13.7. The van der Waals surface area contributed by atoms with E-state index in [-0.39, 0.29) is 5.91 Å². The first kappa shape index (κ1) is 15.7. The van der Waals surface area contributed by atoms with Gasteiger partial charge in [-0.05, 0) is 56.6 Å². The summed E-state index contributed by atoms with van der Waals surface area (Å²) in [5, 5.41) is 7.12. The molecule has 2 heterocycles. The van der Waals surface area contributed by atoms with Crippen molar-refractivity contribution in [1.29, 1.82) is 0 Å². The fraction of sp³-hybridized carbons (Fsp3) is 0.444. The van der Waals surface area contributed by atoms with Crippen LogP contribution in [0.5, 0.6) is 0 Å². The van der Waals surface area contributed by atoms with Crippen LogP contribution in [0.25, 0.3) is 0 Å². The van der Waals surface area contributed by atoms with Gasteiger partial charge in [-0.25, -0.2) is 0 Å². The molecule has 5 nitrogen and oxygen atoms in total. The van der Waals surface area contributed by atoms with Gasteiger partial charge >= 0.3 is 0 Å². The largest absolute Gasteiger partial charge is 0.321 e. The van der Waals surface area contributed by atoms with Gasteiger partial charge in [0.15, 0.2) is 5.69 Å². The molecule has 1 N–H and O–H groups in total. The average molecular weight is 312 g/mol. The normalized spacial score (nSPS) is 15.5. The quantitative estimate of drug-likeness (QED) is 0.923. The first-order chi connectivity index (χ1) is 11.2. The van der Waals surface area contributed by atoms with E-state index in [2.05, 4.69) is 27.4 Å². The lowest BCUT2D eigenvalue weighted by Crippen LogP contribution is -2.29. The maximum atomic E-state index is 12.1. The molecule has 0 saturated carbocycles. The van der Waals surface area contributed by atoms with E-state index in [1.54, 1.807) is 10.7 Å². The highest BCUT2D eigenvalue weighted by atomic mass is 16.1. The van der Waals surface area contributed by atoms with Crippen molar-refractivity contribution in [1.82, 2.24) is 14.7 Å². The molecule has 0 unspecified atom stereocenters. The summed E-state index contributed by atoms with van der Waals surface area (Å²) < 4.78 is 1.75. The Labute approximate surface area is 137 Å². The molecule has 23 heavy (non-hydrogen) atoms. The SMILES string of the molecule is CCn1ccc(C(=O)Nc2ccc(CN3CCCCC3)cc2)n1. The maximum Gasteiger partial charge on any atom is 0.276 e. The van der Waals surface area contributed by atoms with Crippen molar-refractivity contribution in [2.24, 2.45) is 0 Å². The van der Waals surface area contributed by atoms with Crippen molar-refractivity contribution in [2.75, 3.05) is 18.4 Å². The van der Waals surface area contributed by atoms with Crippen LogP contribution in [0, 0.1) is 0 Å². The summed E-state index contributed by atoms with van der Waals surface area (Å²) in [6.07, 6.45) is 5.78. The Morgan fingerprint density at radius 1 is 1.13 bits per heavy atom. The Morgan fingerprint density at radius 2 is 1.87 bits per heavy atom. The van der Waals surface area contributed by atoms with Gasteiger partial charge in [-0.3, -0.25) is 14.4 Å². The number of nitrogens with one attached hydrogen (secondary N) is 1. The number of anilines is 1. The molecule has 1 aliphatic rings. The second kappa shape index (κ2) is 7.42. The third-order valence-corrected chi connectivity index (χ3v) is 4.26. The smallest absolute Gasteiger partial charge is 0.276 e. The number of likely N-dealkylation sites (tertiary alicyclic amines) is 1. The number of amides is 1. The van der Waals surface area contributed by atoms with E-state index < -0.39 is 0 Å². The Kier molecular flexibility index (Phi) is 5.08. The fourth-order valence-corrected chi connectivity index (χ4v) is 2.92. The van der Waals surface area contributed by atoms with Gasteiger partial charge in [-0.1, -0.05) is 18.6 Å². The molecule has 0 spiro atoms. The van der Waals surface area contributed by atoms with Crippen LogP contribution < -0.4 is 5.32 Å². The minimum atomic E-state index is -0.166. The van der Waals surface area contributed by atoms with Gasteiger partial charge in [0.2, 0.25) is 0 Å². The predicted octanol–water partition coefficient (Wildman–Crippen LogP) is 3.14. The lowest BCUT2D eigenvalue weighted by atomic mass is 10.1. The summed E-state index contributed by atoms with van der Waals surface area (Å²) >= 11 is 0. The number of nitrogens with zero attached hydrogens (tertiary/aromatic N) is 3. The molecule has 0 atom stereocenters. The monoisotopic (exact) mass is 312 g/mol. The number of rotatable bonds is 5. The second-order valence-electron chi connectivity index (χ2n) is 6.04. The summed E-state index contributed by atoms with van der Waals surface area (Å²) in [5.41, 5.74) is 2.55. The molecule has 5 heteroatoms. The van der Waals surface area contributed by atoms with Crippen molar-refractivity contribution in [3.8, 4) is 0 Å². The number of aryl methyl sites for hydroxylation is 1. The number of piperidine rings is 1. The molecule has 1 aliphatic heterocycles. The Balaban J connectivity index is 1.57. The molecular weight excluding hydrogens is 288 g/mol. The molecule has 1 fully saturated rings. The lowest BCUT2D eigenvalue weighted by molar-refractivity contribution is 0.102. The van der Waals surface area contributed by atoms with E-state index in [1.165, 1.54) is 37.9 Å². The summed E-state index contributed by atoms with van der Waals surface area (Å²) in [6, 6.07) is 9.86. The first-order valence-corrected chi connectivity index (χ1v) is 8.40. The zero-order chi connectivity index (χ0) is 16.1. The lowest BCUT2D eigenvalue weighted by Gasteiger charge is -2.26. The Hall–Kier alpha value is -2.14. The van der Waals surface area contributed by atoms with Crippen molar-refractivity contribution in [2.45, 2.75) is 39.3 Å². The molecule has 3 rings (SSSR count). The highest BCUT2D eigenvalue weighted by Crippen LogP contribution is 2.15. The van der Waals surface area contributed by atoms with Crippen molar-refractivity contribution in [3.63, 3.8) is 0 Å². The van der Waals surface area contributed by atoms with Gasteiger partial charge in [0.05, 0.1) is 0 Å². The molecule has 1 aromatic heterocycles. The van der Waals surface area contributed by atoms with Crippen LogP contribution in [0.3, 0.4) is 0 Å². The van der Waals surface area contributed by atoms with E-state index in [1.807, 2.05) is 25.3 Å². The summed E-state index contributed by atoms with van der Waals surface area (Å²) in [6.45, 7) is 6.14. The molecule has 0 radical (unpaired) electrons. The topological polar surface area (TPSA) is 50.2 Å². The molecule has 2 aromatic rings. The maximum absolute atomic E-state index is 12.1. The zero-order valence-electron chi connectivity index (χ0n) is 13.7. The highest BCUT2D eigenvalue weighted by Gasteiger charge is 2.11. The molecule has 0 aliphatic carbocycles. The predicted molar refractivity (Wildman–Crippen MR) is 91.4 cm³/mol. The van der Waals surface area contributed by atoms with Crippen LogP contribution in [0.2, 0.25) is 0 Å². The van der Waals surface area contributed by atoms with Crippen LogP contribution in [0.1, 0.15) is 42.2 Å². The highest BCUT2D eigenvalue weighted by molar-refractivity contribution is 6.02. The second-order valence-corrected chi connectivity index (χ2v) is 6.04. The van der Waals surface area contributed by atoms with Crippen LogP contribution in [-0.2, 0) is 13.1 Å². The van der Waals surface area contributed by atoms with Crippen LogP contribution in [0.4, 0.5) is 5.69 Å². The Morgan fingerprint density at radius 3 is 2.52 bits per heavy atom. The van der Waals surface area contributed by atoms with E-state index >= 15 is 0 Å².